The predicted octanol–water partition coefficient (Wildman–Crippen LogP) is 5.39. The summed E-state index contributed by atoms with van der Waals surface area (Å²) in [6, 6.07) is 0. The van der Waals surface area contributed by atoms with Crippen molar-refractivity contribution in [1.29, 1.82) is 0 Å². The van der Waals surface area contributed by atoms with E-state index in [9.17, 15) is 0 Å². The molecule has 0 spiro atoms. The molecule has 0 aromatic rings. The van der Waals surface area contributed by atoms with Gasteiger partial charge in [-0.3, -0.25) is 0 Å². The lowest BCUT2D eigenvalue weighted by Crippen LogP contribution is -2.38. The van der Waals surface area contributed by atoms with Gasteiger partial charge in [-0.25, -0.2) is 0 Å². The van der Waals surface area contributed by atoms with Crippen molar-refractivity contribution in [3.05, 3.63) is 12.2 Å². The largest absolute Gasteiger partial charge is 0.414 e. The third-order valence-electron chi connectivity index (χ3n) is 4.76. The summed E-state index contributed by atoms with van der Waals surface area (Å²) in [4.78, 5) is 0. The zero-order chi connectivity index (χ0) is 14.3. The van der Waals surface area contributed by atoms with Crippen LogP contribution in [0, 0.1) is 17.3 Å². The van der Waals surface area contributed by atoms with Crippen LogP contribution in [0.2, 0.25) is 19.6 Å². The highest BCUT2D eigenvalue weighted by Crippen LogP contribution is 2.51. The fourth-order valence-electron chi connectivity index (χ4n) is 4.25. The molecule has 0 aliphatic heterocycles. The molecule has 0 aromatic heterocycles. The number of hydrogen-bond acceptors (Lipinski definition) is 1. The Morgan fingerprint density at radius 2 is 1.89 bits per heavy atom. The highest BCUT2D eigenvalue weighted by Gasteiger charge is 2.44. The van der Waals surface area contributed by atoms with Gasteiger partial charge in [-0.15, -0.1) is 0 Å². The van der Waals surface area contributed by atoms with Crippen LogP contribution in [0.25, 0.3) is 0 Å². The van der Waals surface area contributed by atoms with Crippen LogP contribution in [0.4, 0.5) is 0 Å². The van der Waals surface area contributed by atoms with Gasteiger partial charge in [-0.1, -0.05) is 26.0 Å². The summed E-state index contributed by atoms with van der Waals surface area (Å²) in [6.45, 7) is 16.2. The van der Waals surface area contributed by atoms with E-state index in [1.54, 1.807) is 0 Å². The smallest absolute Gasteiger partial charge is 0.184 e. The first-order chi connectivity index (χ1) is 8.66. The molecule has 0 heterocycles. The summed E-state index contributed by atoms with van der Waals surface area (Å²) in [6.07, 6.45) is 8.22. The second-order valence-electron chi connectivity index (χ2n) is 8.61. The highest BCUT2D eigenvalue weighted by atomic mass is 28.4. The Kier molecular flexibility index (Phi) is 4.32. The fourth-order valence-corrected chi connectivity index (χ4v) is 5.45. The Balaban J connectivity index is 2.16. The van der Waals surface area contributed by atoms with Crippen LogP contribution >= 0.6 is 0 Å². The lowest BCUT2D eigenvalue weighted by atomic mass is 9.81. The Morgan fingerprint density at radius 3 is 2.53 bits per heavy atom. The lowest BCUT2D eigenvalue weighted by molar-refractivity contribution is 0.0847. The van der Waals surface area contributed by atoms with E-state index in [-0.39, 0.29) is 0 Å². The standard InChI is InChI=1S/C17H32OSi/c1-13-8-7-9-16(18-19(4,5)6)15-12-17(2,3)11-14(15)10-13/h14-16H,1,7-12H2,2-6H3/t14-,15+,16?/m0/s1. The van der Waals surface area contributed by atoms with Crippen molar-refractivity contribution in [2.45, 2.75) is 78.1 Å². The van der Waals surface area contributed by atoms with Crippen LogP contribution in [0.15, 0.2) is 12.2 Å². The van der Waals surface area contributed by atoms with Crippen molar-refractivity contribution in [2.75, 3.05) is 0 Å². The molecule has 3 atom stereocenters. The molecule has 2 saturated carbocycles. The van der Waals surface area contributed by atoms with Crippen LogP contribution < -0.4 is 0 Å². The predicted molar refractivity (Wildman–Crippen MR) is 85.8 cm³/mol. The number of hydrogen-bond donors (Lipinski definition) is 0. The molecule has 0 saturated heterocycles. The number of allylic oxidation sites excluding steroid dienone is 1. The molecule has 2 heteroatoms. The molecule has 2 aliphatic carbocycles. The van der Waals surface area contributed by atoms with Gasteiger partial charge in [0.15, 0.2) is 8.32 Å². The van der Waals surface area contributed by atoms with E-state index >= 15 is 0 Å². The van der Waals surface area contributed by atoms with E-state index < -0.39 is 8.32 Å². The van der Waals surface area contributed by atoms with Crippen molar-refractivity contribution in [1.82, 2.24) is 0 Å². The van der Waals surface area contributed by atoms with Crippen LogP contribution in [-0.4, -0.2) is 14.4 Å². The minimum atomic E-state index is -1.43. The van der Waals surface area contributed by atoms with E-state index in [2.05, 4.69) is 40.1 Å². The van der Waals surface area contributed by atoms with E-state index in [1.807, 2.05) is 0 Å². The first-order valence-corrected chi connectivity index (χ1v) is 11.4. The van der Waals surface area contributed by atoms with Crippen molar-refractivity contribution in [3.8, 4) is 0 Å². The molecular formula is C17H32OSi. The molecule has 19 heavy (non-hydrogen) atoms. The van der Waals surface area contributed by atoms with Crippen LogP contribution in [0.3, 0.4) is 0 Å². The zero-order valence-corrected chi connectivity index (χ0v) is 14.6. The molecule has 0 N–H and O–H groups in total. The van der Waals surface area contributed by atoms with Gasteiger partial charge in [0.2, 0.25) is 0 Å². The first kappa shape index (κ1) is 15.3. The minimum absolute atomic E-state index is 0.501. The van der Waals surface area contributed by atoms with Gasteiger partial charge in [0.25, 0.3) is 0 Å². The summed E-state index contributed by atoms with van der Waals surface area (Å²) < 4.78 is 6.57. The van der Waals surface area contributed by atoms with Crippen molar-refractivity contribution in [3.63, 3.8) is 0 Å². The molecule has 1 unspecified atom stereocenters. The molecule has 0 bridgehead atoms. The van der Waals surface area contributed by atoms with Crippen molar-refractivity contribution >= 4 is 8.32 Å². The average molecular weight is 281 g/mol. The van der Waals surface area contributed by atoms with Crippen molar-refractivity contribution < 1.29 is 4.43 Å². The Hall–Kier alpha value is -0.0831. The summed E-state index contributed by atoms with van der Waals surface area (Å²) in [5.41, 5.74) is 1.99. The second-order valence-corrected chi connectivity index (χ2v) is 13.1. The SMILES string of the molecule is C=C1CCCC(O[Si](C)(C)C)[C@@H]2CC(C)(C)C[C@@H]2C1. The average Bonchev–Trinajstić information content (AvgIpc) is 2.48. The minimum Gasteiger partial charge on any atom is -0.414 e. The van der Waals surface area contributed by atoms with E-state index in [1.165, 1.54) is 44.1 Å². The third kappa shape index (κ3) is 4.19. The van der Waals surface area contributed by atoms with Gasteiger partial charge < -0.3 is 4.43 Å². The highest BCUT2D eigenvalue weighted by molar-refractivity contribution is 6.69. The monoisotopic (exact) mass is 280 g/mol. The molecule has 0 amide bonds. The van der Waals surface area contributed by atoms with Crippen LogP contribution in [-0.2, 0) is 4.43 Å². The topological polar surface area (TPSA) is 9.23 Å². The summed E-state index contributed by atoms with van der Waals surface area (Å²) in [5.74, 6) is 1.60. The molecule has 1 nitrogen and oxygen atoms in total. The van der Waals surface area contributed by atoms with Gasteiger partial charge in [-0.2, -0.15) is 0 Å². The third-order valence-corrected chi connectivity index (χ3v) is 5.77. The molecule has 2 rings (SSSR count). The van der Waals surface area contributed by atoms with Gasteiger partial charge in [0.05, 0.1) is 0 Å². The fraction of sp³-hybridized carbons (Fsp3) is 0.882. The normalized spacial score (nSPS) is 35.6. The van der Waals surface area contributed by atoms with Crippen molar-refractivity contribution in [2.24, 2.45) is 17.3 Å². The van der Waals surface area contributed by atoms with Gasteiger partial charge in [-0.05, 0) is 75.4 Å². The maximum absolute atomic E-state index is 6.57. The quantitative estimate of drug-likeness (QED) is 0.487. The Bertz CT molecular complexity index is 340. The van der Waals surface area contributed by atoms with Gasteiger partial charge in [0, 0.05) is 6.10 Å². The molecule has 2 aliphatic rings. The molecular weight excluding hydrogens is 248 g/mol. The van der Waals surface area contributed by atoms with Crippen LogP contribution in [0.5, 0.6) is 0 Å². The maximum Gasteiger partial charge on any atom is 0.184 e. The van der Waals surface area contributed by atoms with Gasteiger partial charge >= 0.3 is 0 Å². The lowest BCUT2D eigenvalue weighted by Gasteiger charge is -2.36. The Morgan fingerprint density at radius 1 is 1.21 bits per heavy atom. The number of rotatable bonds is 2. The number of fused-ring (bicyclic) bond motifs is 1. The van der Waals surface area contributed by atoms with E-state index in [0.29, 0.717) is 11.5 Å². The summed E-state index contributed by atoms with van der Waals surface area (Å²) in [7, 11) is -1.43. The molecule has 2 fully saturated rings. The zero-order valence-electron chi connectivity index (χ0n) is 13.6. The van der Waals surface area contributed by atoms with E-state index in [4.69, 9.17) is 4.43 Å². The Labute approximate surface area is 120 Å². The van der Waals surface area contributed by atoms with Gasteiger partial charge in [0.1, 0.15) is 0 Å². The first-order valence-electron chi connectivity index (χ1n) is 8.01. The van der Waals surface area contributed by atoms with Crippen LogP contribution in [0.1, 0.15) is 52.4 Å². The molecule has 110 valence electrons. The molecule has 0 radical (unpaired) electrons. The second kappa shape index (κ2) is 5.36. The summed E-state index contributed by atoms with van der Waals surface area (Å²) in [5, 5.41) is 0. The summed E-state index contributed by atoms with van der Waals surface area (Å²) >= 11 is 0. The molecule has 0 aromatic carbocycles. The maximum atomic E-state index is 6.57. The van der Waals surface area contributed by atoms with E-state index in [0.717, 1.165) is 11.8 Å².